The molecule has 0 bridgehead atoms. The van der Waals surface area contributed by atoms with Crippen LogP contribution in [0.15, 0.2) is 0 Å². The van der Waals surface area contributed by atoms with E-state index in [0.717, 1.165) is 0 Å². The standard InChI is InChI=1S/C9H9F3N4OS/c10-9(11,12)6-5-7(15-18-6)16-2-1-13-3-4(16)8(17)14-5/h4,13H,1-3H2,(H,14,17). The molecule has 2 N–H and O–H groups in total. The van der Waals surface area contributed by atoms with E-state index < -0.39 is 23.0 Å². The molecular weight excluding hydrogens is 269 g/mol. The number of hydrogen-bond acceptors (Lipinski definition) is 5. The molecule has 9 heteroatoms. The predicted molar refractivity (Wildman–Crippen MR) is 59.7 cm³/mol. The van der Waals surface area contributed by atoms with Gasteiger partial charge in [-0.2, -0.15) is 17.5 Å². The van der Waals surface area contributed by atoms with Crippen LogP contribution in [0, 0.1) is 0 Å². The van der Waals surface area contributed by atoms with Gasteiger partial charge in [-0.1, -0.05) is 0 Å². The summed E-state index contributed by atoms with van der Waals surface area (Å²) in [5.74, 6) is -0.182. The van der Waals surface area contributed by atoms with E-state index in [-0.39, 0.29) is 11.5 Å². The molecule has 0 saturated carbocycles. The molecule has 0 aliphatic carbocycles. The summed E-state index contributed by atoms with van der Waals surface area (Å²) in [5, 5.41) is 5.35. The fourth-order valence-corrected chi connectivity index (χ4v) is 2.89. The van der Waals surface area contributed by atoms with Crippen molar-refractivity contribution in [2.45, 2.75) is 12.2 Å². The molecule has 1 saturated heterocycles. The lowest BCUT2D eigenvalue weighted by atomic mass is 10.1. The monoisotopic (exact) mass is 278 g/mol. The maximum Gasteiger partial charge on any atom is 0.429 e. The summed E-state index contributed by atoms with van der Waals surface area (Å²) < 4.78 is 42.1. The number of fused-ring (bicyclic) bond motifs is 3. The van der Waals surface area contributed by atoms with Gasteiger partial charge in [-0.15, -0.1) is 0 Å². The number of nitrogens with one attached hydrogen (secondary N) is 2. The largest absolute Gasteiger partial charge is 0.429 e. The summed E-state index contributed by atoms with van der Waals surface area (Å²) in [6, 6.07) is -0.477. The first kappa shape index (κ1) is 11.7. The highest BCUT2D eigenvalue weighted by Crippen LogP contribution is 2.45. The lowest BCUT2D eigenvalue weighted by molar-refractivity contribution is -0.133. The zero-order valence-electron chi connectivity index (χ0n) is 9.04. The third-order valence-electron chi connectivity index (χ3n) is 3.00. The zero-order chi connectivity index (χ0) is 12.9. The fraction of sp³-hybridized carbons (Fsp3) is 0.556. The number of anilines is 2. The average Bonchev–Trinajstić information content (AvgIpc) is 2.73. The van der Waals surface area contributed by atoms with Crippen LogP contribution in [0.3, 0.4) is 0 Å². The smallest absolute Gasteiger partial charge is 0.339 e. The summed E-state index contributed by atoms with van der Waals surface area (Å²) in [6.45, 7) is 1.53. The van der Waals surface area contributed by atoms with E-state index in [4.69, 9.17) is 0 Å². The molecule has 3 rings (SSSR count). The van der Waals surface area contributed by atoms with Crippen molar-refractivity contribution >= 4 is 28.9 Å². The zero-order valence-corrected chi connectivity index (χ0v) is 9.86. The molecule has 1 aromatic rings. The van der Waals surface area contributed by atoms with Crippen LogP contribution in [0.25, 0.3) is 0 Å². The predicted octanol–water partition coefficient (Wildman–Crippen LogP) is 0.892. The molecular formula is C9H9F3N4OS. The number of carbonyl (C=O) groups excluding carboxylic acids is 1. The highest BCUT2D eigenvalue weighted by molar-refractivity contribution is 7.07. The second-order valence-electron chi connectivity index (χ2n) is 4.11. The maximum atomic E-state index is 12.7. The van der Waals surface area contributed by atoms with Crippen molar-refractivity contribution in [3.05, 3.63) is 4.88 Å². The molecule has 18 heavy (non-hydrogen) atoms. The second kappa shape index (κ2) is 3.82. The Bertz CT molecular complexity index is 500. The third-order valence-corrected chi connectivity index (χ3v) is 3.88. The van der Waals surface area contributed by atoms with Crippen molar-refractivity contribution in [2.75, 3.05) is 29.9 Å². The normalized spacial score (nSPS) is 23.4. The molecule has 1 aromatic heterocycles. The number of carbonyl (C=O) groups is 1. The van der Waals surface area contributed by atoms with E-state index in [0.29, 0.717) is 31.2 Å². The van der Waals surface area contributed by atoms with Crippen molar-refractivity contribution in [3.63, 3.8) is 0 Å². The number of rotatable bonds is 0. The van der Waals surface area contributed by atoms with Crippen LogP contribution in [0.2, 0.25) is 0 Å². The topological polar surface area (TPSA) is 57.3 Å². The average molecular weight is 278 g/mol. The molecule has 98 valence electrons. The molecule has 5 nitrogen and oxygen atoms in total. The summed E-state index contributed by atoms with van der Waals surface area (Å²) in [6.07, 6.45) is -4.49. The Morgan fingerprint density at radius 3 is 2.94 bits per heavy atom. The van der Waals surface area contributed by atoms with Gasteiger partial charge < -0.3 is 15.5 Å². The van der Waals surface area contributed by atoms with E-state index in [9.17, 15) is 18.0 Å². The number of piperazine rings is 1. The number of alkyl halides is 3. The van der Waals surface area contributed by atoms with E-state index in [1.54, 1.807) is 4.90 Å². The van der Waals surface area contributed by atoms with Gasteiger partial charge in [0, 0.05) is 19.6 Å². The molecule has 0 radical (unpaired) electrons. The Morgan fingerprint density at radius 2 is 2.22 bits per heavy atom. The number of hydrogen-bond donors (Lipinski definition) is 2. The lowest BCUT2D eigenvalue weighted by Crippen LogP contribution is -2.59. The Kier molecular flexibility index (Phi) is 2.49. The molecule has 2 aliphatic heterocycles. The van der Waals surface area contributed by atoms with E-state index in [1.165, 1.54) is 0 Å². The van der Waals surface area contributed by atoms with Crippen molar-refractivity contribution in [2.24, 2.45) is 0 Å². The molecule has 1 unspecified atom stereocenters. The molecule has 2 aliphatic rings. The van der Waals surface area contributed by atoms with Crippen LogP contribution in [0.4, 0.5) is 24.7 Å². The van der Waals surface area contributed by atoms with E-state index in [2.05, 4.69) is 15.0 Å². The van der Waals surface area contributed by atoms with Gasteiger partial charge in [0.25, 0.3) is 0 Å². The van der Waals surface area contributed by atoms with Crippen LogP contribution in [-0.4, -0.2) is 36.0 Å². The van der Waals surface area contributed by atoms with Gasteiger partial charge in [0.15, 0.2) is 10.7 Å². The van der Waals surface area contributed by atoms with Gasteiger partial charge in [-0.25, -0.2) is 0 Å². The highest BCUT2D eigenvalue weighted by Gasteiger charge is 2.44. The second-order valence-corrected chi connectivity index (χ2v) is 4.88. The first-order chi connectivity index (χ1) is 8.48. The number of nitrogens with zero attached hydrogens (tertiary/aromatic N) is 2. The summed E-state index contributed by atoms with van der Waals surface area (Å²) >= 11 is 0.378. The first-order valence-corrected chi connectivity index (χ1v) is 6.11. The minimum atomic E-state index is -4.49. The quantitative estimate of drug-likeness (QED) is 0.740. The number of halogens is 3. The van der Waals surface area contributed by atoms with Crippen molar-refractivity contribution in [1.29, 1.82) is 0 Å². The Morgan fingerprint density at radius 1 is 1.44 bits per heavy atom. The van der Waals surface area contributed by atoms with Gasteiger partial charge in [0.2, 0.25) is 5.91 Å². The molecule has 0 aromatic carbocycles. The molecule has 1 amide bonds. The van der Waals surface area contributed by atoms with E-state index in [1.807, 2.05) is 0 Å². The number of aromatic nitrogens is 1. The molecule has 0 spiro atoms. The molecule has 1 atom stereocenters. The minimum Gasteiger partial charge on any atom is -0.339 e. The highest BCUT2D eigenvalue weighted by atomic mass is 32.1. The molecule has 3 heterocycles. The van der Waals surface area contributed by atoms with Gasteiger partial charge in [0.1, 0.15) is 11.7 Å². The van der Waals surface area contributed by atoms with Gasteiger partial charge in [-0.3, -0.25) is 4.79 Å². The Hall–Kier alpha value is -1.35. The summed E-state index contributed by atoms with van der Waals surface area (Å²) in [5.41, 5.74) is -0.198. The number of amides is 1. The fourth-order valence-electron chi connectivity index (χ4n) is 2.18. The van der Waals surface area contributed by atoms with Gasteiger partial charge in [0.05, 0.1) is 0 Å². The first-order valence-electron chi connectivity index (χ1n) is 5.33. The van der Waals surface area contributed by atoms with Crippen LogP contribution < -0.4 is 15.5 Å². The third kappa shape index (κ3) is 1.65. The van der Waals surface area contributed by atoms with Crippen LogP contribution in [0.5, 0.6) is 0 Å². The lowest BCUT2D eigenvalue weighted by Gasteiger charge is -2.39. The van der Waals surface area contributed by atoms with Gasteiger partial charge in [-0.05, 0) is 11.5 Å². The van der Waals surface area contributed by atoms with Crippen molar-refractivity contribution in [1.82, 2.24) is 9.69 Å². The summed E-state index contributed by atoms with van der Waals surface area (Å²) in [4.78, 5) is 12.6. The SMILES string of the molecule is O=C1Nc2c(nsc2C(F)(F)F)N2CCNCC12. The van der Waals surface area contributed by atoms with Crippen LogP contribution in [-0.2, 0) is 11.0 Å². The Balaban J connectivity index is 2.06. The van der Waals surface area contributed by atoms with Gasteiger partial charge >= 0.3 is 6.18 Å². The van der Waals surface area contributed by atoms with E-state index >= 15 is 0 Å². The summed E-state index contributed by atoms with van der Waals surface area (Å²) in [7, 11) is 0. The minimum absolute atomic E-state index is 0.198. The molecule has 1 fully saturated rings. The maximum absolute atomic E-state index is 12.7. The van der Waals surface area contributed by atoms with Crippen molar-refractivity contribution in [3.8, 4) is 0 Å². The van der Waals surface area contributed by atoms with Crippen LogP contribution in [0.1, 0.15) is 4.88 Å². The van der Waals surface area contributed by atoms with Crippen LogP contribution >= 0.6 is 11.5 Å². The van der Waals surface area contributed by atoms with Crippen molar-refractivity contribution < 1.29 is 18.0 Å². The Labute approximate surface area is 104 Å².